The van der Waals surface area contributed by atoms with Gasteiger partial charge in [0.1, 0.15) is 5.75 Å². The molecule has 1 nitrogen and oxygen atoms in total. The predicted octanol–water partition coefficient (Wildman–Crippen LogP) is 3.64. The van der Waals surface area contributed by atoms with Crippen LogP contribution in [0.5, 0.6) is 5.75 Å². The largest absolute Gasteiger partial charge is 0.542 e. The lowest BCUT2D eigenvalue weighted by Crippen LogP contribution is -2.12. The fourth-order valence-electron chi connectivity index (χ4n) is 1.29. The monoisotopic (exact) mass is 271 g/mol. The van der Waals surface area contributed by atoms with Gasteiger partial charge in [0, 0.05) is 5.33 Å². The molecule has 0 aliphatic heterocycles. The number of hydrogen-bond acceptors (Lipinski definition) is 1. The summed E-state index contributed by atoms with van der Waals surface area (Å²) < 4.78 is 5.83. The first-order valence-electron chi connectivity index (χ1n) is 4.86. The van der Waals surface area contributed by atoms with Crippen LogP contribution in [0.1, 0.15) is 12.0 Å². The van der Waals surface area contributed by atoms with Crippen LogP contribution in [0.4, 0.5) is 0 Å². The van der Waals surface area contributed by atoms with E-state index in [1.165, 1.54) is 5.56 Å². The number of para-hydroxylation sites is 1. The summed E-state index contributed by atoms with van der Waals surface area (Å²) in [6, 6.07) is 8.34. The Morgan fingerprint density at radius 3 is 2.64 bits per heavy atom. The Hall–Kier alpha value is -0.283. The van der Waals surface area contributed by atoms with E-state index in [0.717, 1.165) is 23.9 Å². The molecule has 0 saturated carbocycles. The van der Waals surface area contributed by atoms with Crippen molar-refractivity contribution in [2.24, 2.45) is 0 Å². The van der Waals surface area contributed by atoms with E-state index in [9.17, 15) is 0 Å². The Balaban J connectivity index is 2.69. The zero-order valence-electron chi connectivity index (χ0n) is 8.72. The number of halogens is 1. The van der Waals surface area contributed by atoms with Crippen LogP contribution in [-0.2, 0) is 6.42 Å². The summed E-state index contributed by atoms with van der Waals surface area (Å²) >= 11 is 3.45. The highest BCUT2D eigenvalue weighted by Gasteiger charge is 2.05. The van der Waals surface area contributed by atoms with E-state index < -0.39 is 9.04 Å². The molecule has 3 heteroatoms. The van der Waals surface area contributed by atoms with Gasteiger partial charge in [-0.25, -0.2) is 0 Å². The van der Waals surface area contributed by atoms with E-state index in [1.54, 1.807) is 0 Å². The zero-order chi connectivity index (χ0) is 10.4. The van der Waals surface area contributed by atoms with E-state index in [-0.39, 0.29) is 0 Å². The molecule has 0 heterocycles. The molecule has 0 aromatic heterocycles. The van der Waals surface area contributed by atoms with E-state index in [2.05, 4.69) is 47.2 Å². The molecule has 0 spiro atoms. The minimum absolute atomic E-state index is 0.645. The number of benzene rings is 1. The maximum absolute atomic E-state index is 5.83. The molecule has 0 saturated heterocycles. The fourth-order valence-corrected chi connectivity index (χ4v) is 2.21. The number of aryl methyl sites for hydroxylation is 1. The van der Waals surface area contributed by atoms with Gasteiger partial charge in [-0.3, -0.25) is 0 Å². The summed E-state index contributed by atoms with van der Waals surface area (Å²) in [5, 5.41) is 1.05. The molecule has 0 aliphatic rings. The van der Waals surface area contributed by atoms with E-state index in [4.69, 9.17) is 4.43 Å². The maximum Gasteiger partial charge on any atom is 0.274 e. The van der Waals surface area contributed by atoms with E-state index in [1.807, 2.05) is 6.07 Å². The SMILES string of the molecule is C[Si](C)Oc1ccccc1CCCBr. The van der Waals surface area contributed by atoms with Crippen molar-refractivity contribution in [1.82, 2.24) is 0 Å². The van der Waals surface area contributed by atoms with Gasteiger partial charge < -0.3 is 4.43 Å². The molecule has 0 aliphatic carbocycles. The molecule has 0 bridgehead atoms. The van der Waals surface area contributed by atoms with Gasteiger partial charge in [0.25, 0.3) is 9.04 Å². The van der Waals surface area contributed by atoms with Gasteiger partial charge in [-0.1, -0.05) is 34.1 Å². The van der Waals surface area contributed by atoms with Crippen LogP contribution in [0.25, 0.3) is 0 Å². The third-order valence-corrected chi connectivity index (χ3v) is 3.06. The minimum atomic E-state index is -0.645. The highest BCUT2D eigenvalue weighted by atomic mass is 79.9. The first-order valence-corrected chi connectivity index (χ1v) is 8.39. The second kappa shape index (κ2) is 6.25. The van der Waals surface area contributed by atoms with Crippen LogP contribution in [0.2, 0.25) is 13.1 Å². The maximum atomic E-state index is 5.83. The minimum Gasteiger partial charge on any atom is -0.542 e. The summed E-state index contributed by atoms with van der Waals surface area (Å²) in [5.74, 6) is 1.08. The second-order valence-corrected chi connectivity index (χ2v) is 6.22. The van der Waals surface area contributed by atoms with E-state index >= 15 is 0 Å². The highest BCUT2D eigenvalue weighted by molar-refractivity contribution is 9.09. The molecular weight excluding hydrogens is 256 g/mol. The van der Waals surface area contributed by atoms with Gasteiger partial charge in [0.2, 0.25) is 0 Å². The lowest BCUT2D eigenvalue weighted by Gasteiger charge is -2.12. The van der Waals surface area contributed by atoms with Crippen molar-refractivity contribution < 1.29 is 4.43 Å². The molecule has 1 aromatic carbocycles. The Labute approximate surface area is 96.3 Å². The molecular formula is C11H16BrOSi. The first kappa shape index (κ1) is 11.8. The number of rotatable bonds is 5. The van der Waals surface area contributed by atoms with Gasteiger partial charge >= 0.3 is 0 Å². The highest BCUT2D eigenvalue weighted by Crippen LogP contribution is 2.20. The first-order chi connectivity index (χ1) is 6.74. The van der Waals surface area contributed by atoms with Crippen LogP contribution >= 0.6 is 15.9 Å². The smallest absolute Gasteiger partial charge is 0.274 e. The molecule has 1 rings (SSSR count). The third-order valence-electron chi connectivity index (χ3n) is 1.87. The summed E-state index contributed by atoms with van der Waals surface area (Å²) in [7, 11) is -0.645. The molecule has 0 unspecified atom stereocenters. The van der Waals surface area contributed by atoms with Crippen LogP contribution in [0.15, 0.2) is 24.3 Å². The van der Waals surface area contributed by atoms with Gasteiger partial charge in [-0.2, -0.15) is 0 Å². The van der Waals surface area contributed by atoms with Crippen LogP contribution in [-0.4, -0.2) is 14.4 Å². The lowest BCUT2D eigenvalue weighted by molar-refractivity contribution is 0.570. The Morgan fingerprint density at radius 2 is 2.00 bits per heavy atom. The summed E-state index contributed by atoms with van der Waals surface area (Å²) in [6.07, 6.45) is 2.26. The summed E-state index contributed by atoms with van der Waals surface area (Å²) in [5.41, 5.74) is 1.33. The van der Waals surface area contributed by atoms with Gasteiger partial charge in [-0.15, -0.1) is 0 Å². The van der Waals surface area contributed by atoms with Crippen LogP contribution in [0, 0.1) is 0 Å². The molecule has 0 fully saturated rings. The zero-order valence-corrected chi connectivity index (χ0v) is 11.3. The Bertz CT molecular complexity index is 276. The average molecular weight is 272 g/mol. The quantitative estimate of drug-likeness (QED) is 0.587. The van der Waals surface area contributed by atoms with Crippen molar-refractivity contribution in [1.29, 1.82) is 0 Å². The Kier molecular flexibility index (Phi) is 5.26. The summed E-state index contributed by atoms with van der Waals surface area (Å²) in [6.45, 7) is 4.32. The van der Waals surface area contributed by atoms with Crippen molar-refractivity contribution in [3.63, 3.8) is 0 Å². The second-order valence-electron chi connectivity index (χ2n) is 3.41. The summed E-state index contributed by atoms with van der Waals surface area (Å²) in [4.78, 5) is 0. The Morgan fingerprint density at radius 1 is 1.29 bits per heavy atom. The molecule has 0 amide bonds. The fraction of sp³-hybridized carbons (Fsp3) is 0.455. The topological polar surface area (TPSA) is 9.23 Å². The van der Waals surface area contributed by atoms with Crippen LogP contribution < -0.4 is 4.43 Å². The van der Waals surface area contributed by atoms with Crippen molar-refractivity contribution in [3.05, 3.63) is 29.8 Å². The van der Waals surface area contributed by atoms with Crippen LogP contribution in [0.3, 0.4) is 0 Å². The van der Waals surface area contributed by atoms with Crippen molar-refractivity contribution in [2.75, 3.05) is 5.33 Å². The molecule has 1 radical (unpaired) electrons. The standard InChI is InChI=1S/C11H16BrOSi/c1-14(2)13-11-8-4-3-6-10(11)7-5-9-12/h3-4,6,8H,5,7,9H2,1-2H3. The molecule has 0 atom stereocenters. The third kappa shape index (κ3) is 3.84. The number of hydrogen-bond donors (Lipinski definition) is 0. The molecule has 1 aromatic rings. The normalized spacial score (nSPS) is 10.6. The average Bonchev–Trinajstić information content (AvgIpc) is 2.16. The van der Waals surface area contributed by atoms with Gasteiger partial charge in [-0.05, 0) is 37.6 Å². The molecule has 0 N–H and O–H groups in total. The molecule has 77 valence electrons. The molecule has 14 heavy (non-hydrogen) atoms. The van der Waals surface area contributed by atoms with Gasteiger partial charge in [0.15, 0.2) is 0 Å². The van der Waals surface area contributed by atoms with Crippen molar-refractivity contribution >= 4 is 25.0 Å². The predicted molar refractivity (Wildman–Crippen MR) is 66.7 cm³/mol. The lowest BCUT2D eigenvalue weighted by atomic mass is 10.1. The van der Waals surface area contributed by atoms with Crippen molar-refractivity contribution in [3.8, 4) is 5.75 Å². The number of alkyl halides is 1. The van der Waals surface area contributed by atoms with Crippen molar-refractivity contribution in [2.45, 2.75) is 25.9 Å². The van der Waals surface area contributed by atoms with Gasteiger partial charge in [0.05, 0.1) is 0 Å². The van der Waals surface area contributed by atoms with E-state index in [0.29, 0.717) is 0 Å².